The molecular formula is C18H24N4. The van der Waals surface area contributed by atoms with Crippen molar-refractivity contribution in [3.63, 3.8) is 0 Å². The van der Waals surface area contributed by atoms with Crippen LogP contribution in [-0.4, -0.2) is 22.6 Å². The molecule has 1 fully saturated rings. The Hall–Kier alpha value is -2.10. The third kappa shape index (κ3) is 3.38. The maximum absolute atomic E-state index is 4.72. The van der Waals surface area contributed by atoms with Crippen molar-refractivity contribution in [1.29, 1.82) is 0 Å². The zero-order chi connectivity index (χ0) is 15.4. The van der Waals surface area contributed by atoms with E-state index in [4.69, 9.17) is 4.98 Å². The van der Waals surface area contributed by atoms with E-state index in [1.807, 2.05) is 24.4 Å². The highest BCUT2D eigenvalue weighted by molar-refractivity contribution is 5.56. The van der Waals surface area contributed by atoms with Crippen molar-refractivity contribution in [2.24, 2.45) is 0 Å². The molecule has 2 aromatic rings. The Labute approximate surface area is 132 Å². The van der Waals surface area contributed by atoms with Crippen LogP contribution in [0.15, 0.2) is 36.5 Å². The van der Waals surface area contributed by atoms with Gasteiger partial charge in [0.2, 0.25) is 5.95 Å². The number of hydrogen-bond donors (Lipinski definition) is 1. The average molecular weight is 296 g/mol. The first-order valence-corrected chi connectivity index (χ1v) is 8.19. The first kappa shape index (κ1) is 14.8. The zero-order valence-electron chi connectivity index (χ0n) is 13.4. The van der Waals surface area contributed by atoms with Crippen LogP contribution < -0.4 is 10.2 Å². The Balaban J connectivity index is 1.80. The van der Waals surface area contributed by atoms with E-state index in [9.17, 15) is 0 Å². The highest BCUT2D eigenvalue weighted by Gasteiger charge is 2.22. The van der Waals surface area contributed by atoms with Gasteiger partial charge in [0.25, 0.3) is 0 Å². The van der Waals surface area contributed by atoms with Gasteiger partial charge in [0, 0.05) is 24.5 Å². The summed E-state index contributed by atoms with van der Waals surface area (Å²) in [5.74, 6) is 1.71. The first-order chi connectivity index (χ1) is 10.8. The molecule has 2 heterocycles. The van der Waals surface area contributed by atoms with Crippen LogP contribution in [0.25, 0.3) is 0 Å². The van der Waals surface area contributed by atoms with Gasteiger partial charge in [-0.1, -0.05) is 19.1 Å². The maximum atomic E-state index is 4.72. The van der Waals surface area contributed by atoms with E-state index in [2.05, 4.69) is 41.2 Å². The van der Waals surface area contributed by atoms with E-state index in [-0.39, 0.29) is 0 Å². The Morgan fingerprint density at radius 3 is 3.00 bits per heavy atom. The van der Waals surface area contributed by atoms with Crippen LogP contribution in [0, 0.1) is 6.92 Å². The summed E-state index contributed by atoms with van der Waals surface area (Å²) in [6.07, 6.45) is 6.86. The predicted molar refractivity (Wildman–Crippen MR) is 91.8 cm³/mol. The highest BCUT2D eigenvalue weighted by Crippen LogP contribution is 2.25. The minimum absolute atomic E-state index is 0.607. The van der Waals surface area contributed by atoms with Crippen molar-refractivity contribution in [1.82, 2.24) is 9.97 Å². The normalized spacial score (nSPS) is 18.3. The summed E-state index contributed by atoms with van der Waals surface area (Å²) in [5.41, 5.74) is 2.26. The second-order valence-electron chi connectivity index (χ2n) is 5.98. The van der Waals surface area contributed by atoms with Gasteiger partial charge in [-0.15, -0.1) is 0 Å². The van der Waals surface area contributed by atoms with Gasteiger partial charge >= 0.3 is 0 Å². The van der Waals surface area contributed by atoms with Gasteiger partial charge in [-0.25, -0.2) is 4.98 Å². The molecule has 0 aliphatic carbocycles. The van der Waals surface area contributed by atoms with Gasteiger partial charge in [0.1, 0.15) is 5.82 Å². The number of benzene rings is 1. The number of aromatic nitrogens is 2. The molecule has 22 heavy (non-hydrogen) atoms. The van der Waals surface area contributed by atoms with Crippen molar-refractivity contribution >= 4 is 17.5 Å². The van der Waals surface area contributed by atoms with Crippen molar-refractivity contribution in [3.05, 3.63) is 42.1 Å². The largest absolute Gasteiger partial charge is 0.353 e. The highest BCUT2D eigenvalue weighted by atomic mass is 15.2. The fourth-order valence-electron chi connectivity index (χ4n) is 3.15. The summed E-state index contributed by atoms with van der Waals surface area (Å²) < 4.78 is 0. The number of nitrogens with one attached hydrogen (secondary N) is 1. The molecule has 4 heteroatoms. The molecule has 4 nitrogen and oxygen atoms in total. The van der Waals surface area contributed by atoms with Crippen LogP contribution in [-0.2, 0) is 0 Å². The molecule has 1 aromatic carbocycles. The molecular weight excluding hydrogens is 272 g/mol. The summed E-state index contributed by atoms with van der Waals surface area (Å²) in [6, 6.07) is 10.9. The Morgan fingerprint density at radius 1 is 1.27 bits per heavy atom. The Kier molecular flexibility index (Phi) is 4.56. The van der Waals surface area contributed by atoms with Crippen LogP contribution in [0.3, 0.4) is 0 Å². The Morgan fingerprint density at radius 2 is 2.18 bits per heavy atom. The quantitative estimate of drug-likeness (QED) is 0.913. The molecule has 1 aliphatic heterocycles. The van der Waals surface area contributed by atoms with Gasteiger partial charge in [0.15, 0.2) is 0 Å². The van der Waals surface area contributed by atoms with Crippen LogP contribution in [0.5, 0.6) is 0 Å². The smallest absolute Gasteiger partial charge is 0.229 e. The maximum Gasteiger partial charge on any atom is 0.229 e. The van der Waals surface area contributed by atoms with E-state index in [1.54, 1.807) is 0 Å². The van der Waals surface area contributed by atoms with E-state index in [0.717, 1.165) is 18.1 Å². The lowest BCUT2D eigenvalue weighted by Crippen LogP contribution is -2.39. The lowest BCUT2D eigenvalue weighted by Gasteiger charge is -2.36. The molecule has 1 atom stereocenters. The molecule has 1 unspecified atom stereocenters. The average Bonchev–Trinajstić information content (AvgIpc) is 2.55. The monoisotopic (exact) mass is 296 g/mol. The number of rotatable bonds is 4. The second-order valence-corrected chi connectivity index (χ2v) is 5.98. The molecule has 1 N–H and O–H groups in total. The van der Waals surface area contributed by atoms with E-state index in [0.29, 0.717) is 12.0 Å². The molecule has 1 aliphatic rings. The van der Waals surface area contributed by atoms with Gasteiger partial charge in [0.05, 0.1) is 0 Å². The number of hydrogen-bond acceptors (Lipinski definition) is 4. The fourth-order valence-corrected chi connectivity index (χ4v) is 3.15. The van der Waals surface area contributed by atoms with E-state index >= 15 is 0 Å². The Bertz CT molecular complexity index is 626. The topological polar surface area (TPSA) is 41.1 Å². The molecule has 3 rings (SSSR count). The second kappa shape index (κ2) is 6.77. The number of piperidine rings is 1. The van der Waals surface area contributed by atoms with E-state index in [1.165, 1.54) is 31.2 Å². The summed E-state index contributed by atoms with van der Waals surface area (Å²) in [7, 11) is 0. The molecule has 0 amide bonds. The molecule has 1 aromatic heterocycles. The number of nitrogens with zero attached hydrogens (tertiary/aromatic N) is 3. The van der Waals surface area contributed by atoms with Crippen molar-refractivity contribution in [2.75, 3.05) is 16.8 Å². The molecule has 116 valence electrons. The minimum atomic E-state index is 0.607. The summed E-state index contributed by atoms with van der Waals surface area (Å²) in [4.78, 5) is 11.5. The van der Waals surface area contributed by atoms with Crippen molar-refractivity contribution in [3.8, 4) is 0 Å². The first-order valence-electron chi connectivity index (χ1n) is 8.19. The van der Waals surface area contributed by atoms with Gasteiger partial charge < -0.3 is 10.2 Å². The van der Waals surface area contributed by atoms with Crippen LogP contribution in [0.2, 0.25) is 0 Å². The number of aryl methyl sites for hydroxylation is 1. The third-order valence-corrected chi connectivity index (χ3v) is 4.31. The van der Waals surface area contributed by atoms with Crippen LogP contribution >= 0.6 is 0 Å². The van der Waals surface area contributed by atoms with E-state index < -0.39 is 0 Å². The van der Waals surface area contributed by atoms with Gasteiger partial charge in [-0.05, 0) is 56.4 Å². The zero-order valence-corrected chi connectivity index (χ0v) is 13.4. The molecule has 0 radical (unpaired) electrons. The molecule has 0 saturated carbocycles. The van der Waals surface area contributed by atoms with Crippen molar-refractivity contribution in [2.45, 2.75) is 45.6 Å². The van der Waals surface area contributed by atoms with Gasteiger partial charge in [-0.3, -0.25) is 0 Å². The van der Waals surface area contributed by atoms with Crippen molar-refractivity contribution < 1.29 is 0 Å². The standard InChI is InChI=1S/C18H24N4/c1-3-16-9-4-5-12-22(16)17-10-11-19-18(21-17)20-15-8-6-7-14(2)13-15/h6-8,10-11,13,16H,3-5,9,12H2,1-2H3,(H,19,20,21). The van der Waals surface area contributed by atoms with Crippen LogP contribution in [0.4, 0.5) is 17.5 Å². The molecule has 0 bridgehead atoms. The SMILES string of the molecule is CCC1CCCCN1c1ccnc(Nc2cccc(C)c2)n1. The predicted octanol–water partition coefficient (Wildman–Crippen LogP) is 4.30. The third-order valence-electron chi connectivity index (χ3n) is 4.31. The molecule has 1 saturated heterocycles. The summed E-state index contributed by atoms with van der Waals surface area (Å²) >= 11 is 0. The van der Waals surface area contributed by atoms with Crippen LogP contribution in [0.1, 0.15) is 38.2 Å². The summed E-state index contributed by atoms with van der Waals surface area (Å²) in [5, 5.41) is 3.31. The number of anilines is 3. The molecule has 0 spiro atoms. The fraction of sp³-hybridized carbons (Fsp3) is 0.444. The lowest BCUT2D eigenvalue weighted by molar-refractivity contribution is 0.447. The lowest BCUT2D eigenvalue weighted by atomic mass is 10.0. The minimum Gasteiger partial charge on any atom is -0.353 e. The van der Waals surface area contributed by atoms with Gasteiger partial charge in [-0.2, -0.15) is 4.98 Å². The summed E-state index contributed by atoms with van der Waals surface area (Å²) in [6.45, 7) is 5.44.